The fraction of sp³-hybridized carbons (Fsp3) is 0.929. The zero-order valence-electron chi connectivity index (χ0n) is 11.2. The van der Waals surface area contributed by atoms with Gasteiger partial charge in [0.2, 0.25) is 5.91 Å². The molecule has 0 aromatic carbocycles. The number of carbonyl (C=O) groups excluding carboxylic acids is 1. The van der Waals surface area contributed by atoms with Gasteiger partial charge in [-0.2, -0.15) is 0 Å². The van der Waals surface area contributed by atoms with E-state index in [0.717, 1.165) is 25.8 Å². The van der Waals surface area contributed by atoms with Crippen LogP contribution in [-0.4, -0.2) is 17.3 Å². The highest BCUT2D eigenvalue weighted by molar-refractivity contribution is 9.09. The maximum Gasteiger partial charge on any atom is 0.223 e. The van der Waals surface area contributed by atoms with Crippen molar-refractivity contribution >= 4 is 21.8 Å². The van der Waals surface area contributed by atoms with Gasteiger partial charge in [-0.25, -0.2) is 0 Å². The first kappa shape index (κ1) is 15.0. The molecule has 1 aliphatic carbocycles. The number of halogens is 1. The topological polar surface area (TPSA) is 29.1 Å². The van der Waals surface area contributed by atoms with Crippen LogP contribution < -0.4 is 5.32 Å². The van der Waals surface area contributed by atoms with Gasteiger partial charge in [0, 0.05) is 17.3 Å². The molecule has 0 bridgehead atoms. The molecule has 0 heterocycles. The minimum atomic E-state index is 0.274. The minimum absolute atomic E-state index is 0.274. The van der Waals surface area contributed by atoms with Crippen molar-refractivity contribution in [3.8, 4) is 0 Å². The molecule has 100 valence electrons. The second kappa shape index (κ2) is 8.12. The van der Waals surface area contributed by atoms with E-state index in [2.05, 4.69) is 35.1 Å². The quantitative estimate of drug-likeness (QED) is 0.606. The summed E-state index contributed by atoms with van der Waals surface area (Å²) in [5.41, 5.74) is 0. The van der Waals surface area contributed by atoms with Crippen LogP contribution in [0.25, 0.3) is 0 Å². The molecule has 0 spiro atoms. The fourth-order valence-corrected chi connectivity index (χ4v) is 3.40. The van der Waals surface area contributed by atoms with Crippen molar-refractivity contribution in [1.82, 2.24) is 5.32 Å². The normalized spacial score (nSPS) is 20.0. The van der Waals surface area contributed by atoms with Crippen LogP contribution in [0.15, 0.2) is 0 Å². The Kier molecular flexibility index (Phi) is 7.17. The van der Waals surface area contributed by atoms with Gasteiger partial charge in [-0.05, 0) is 25.2 Å². The first-order valence-electron chi connectivity index (χ1n) is 7.01. The van der Waals surface area contributed by atoms with E-state index in [1.54, 1.807) is 0 Å². The first-order chi connectivity index (χ1) is 8.09. The Labute approximate surface area is 114 Å². The van der Waals surface area contributed by atoms with Crippen molar-refractivity contribution in [2.75, 3.05) is 6.54 Å². The monoisotopic (exact) mass is 303 g/mol. The molecule has 1 rings (SSSR count). The van der Waals surface area contributed by atoms with Gasteiger partial charge in [0.05, 0.1) is 0 Å². The van der Waals surface area contributed by atoms with Gasteiger partial charge in [-0.15, -0.1) is 0 Å². The molecule has 0 aromatic rings. The summed E-state index contributed by atoms with van der Waals surface area (Å²) < 4.78 is 0. The molecule has 0 saturated heterocycles. The Morgan fingerprint density at radius 1 is 1.24 bits per heavy atom. The summed E-state index contributed by atoms with van der Waals surface area (Å²) in [6.07, 6.45) is 8.34. The van der Waals surface area contributed by atoms with E-state index in [4.69, 9.17) is 0 Å². The Morgan fingerprint density at radius 2 is 1.82 bits per heavy atom. The third kappa shape index (κ3) is 6.44. The number of hydrogen-bond donors (Lipinski definition) is 1. The summed E-state index contributed by atoms with van der Waals surface area (Å²) in [5.74, 6) is 1.23. The molecule has 1 saturated carbocycles. The summed E-state index contributed by atoms with van der Waals surface area (Å²) in [5, 5.41) is 3.10. The van der Waals surface area contributed by atoms with Crippen LogP contribution in [0.3, 0.4) is 0 Å². The van der Waals surface area contributed by atoms with Gasteiger partial charge in [-0.3, -0.25) is 4.79 Å². The van der Waals surface area contributed by atoms with E-state index < -0.39 is 0 Å². The molecule has 2 nitrogen and oxygen atoms in total. The molecule has 1 N–H and O–H groups in total. The lowest BCUT2D eigenvalue weighted by molar-refractivity contribution is -0.125. The predicted octanol–water partition coefficient (Wildman–Crippen LogP) is 3.88. The molecule has 0 aliphatic heterocycles. The molecule has 1 fully saturated rings. The highest BCUT2D eigenvalue weighted by Gasteiger charge is 2.20. The Balaban J connectivity index is 2.23. The molecule has 3 heteroatoms. The maximum atomic E-state index is 12.0. The van der Waals surface area contributed by atoms with Crippen LogP contribution in [-0.2, 0) is 4.79 Å². The van der Waals surface area contributed by atoms with Crippen LogP contribution >= 0.6 is 15.9 Å². The number of alkyl halides is 1. The molecule has 1 atom stereocenters. The van der Waals surface area contributed by atoms with E-state index in [9.17, 15) is 4.79 Å². The number of nitrogens with one attached hydrogen (secondary N) is 1. The van der Waals surface area contributed by atoms with Gasteiger partial charge in [0.25, 0.3) is 0 Å². The molecular weight excluding hydrogens is 278 g/mol. The SMILES string of the molecule is CC(C)CC(Br)CNC(=O)C1CCCCCC1. The first-order valence-corrected chi connectivity index (χ1v) is 7.93. The third-order valence-electron chi connectivity index (χ3n) is 3.45. The zero-order valence-corrected chi connectivity index (χ0v) is 12.8. The second-order valence-corrected chi connectivity index (χ2v) is 6.96. The van der Waals surface area contributed by atoms with Crippen LogP contribution in [0, 0.1) is 11.8 Å². The van der Waals surface area contributed by atoms with Gasteiger partial charge in [0.15, 0.2) is 0 Å². The predicted molar refractivity (Wildman–Crippen MR) is 76.4 cm³/mol. The average molecular weight is 304 g/mol. The maximum absolute atomic E-state index is 12.0. The van der Waals surface area contributed by atoms with E-state index >= 15 is 0 Å². The number of rotatable bonds is 5. The number of amides is 1. The van der Waals surface area contributed by atoms with Gasteiger partial charge >= 0.3 is 0 Å². The molecule has 1 amide bonds. The van der Waals surface area contributed by atoms with Crippen LogP contribution in [0.4, 0.5) is 0 Å². The third-order valence-corrected chi connectivity index (χ3v) is 4.15. The standard InChI is InChI=1S/C14H26BrNO/c1-11(2)9-13(15)10-16-14(17)12-7-5-3-4-6-8-12/h11-13H,3-10H2,1-2H3,(H,16,17). The average Bonchev–Trinajstić information content (AvgIpc) is 2.53. The van der Waals surface area contributed by atoms with Crippen LogP contribution in [0.2, 0.25) is 0 Å². The summed E-state index contributed by atoms with van der Waals surface area (Å²) in [6.45, 7) is 5.19. The molecule has 0 aromatic heterocycles. The summed E-state index contributed by atoms with van der Waals surface area (Å²) in [7, 11) is 0. The lowest BCUT2D eigenvalue weighted by atomic mass is 9.99. The van der Waals surface area contributed by atoms with E-state index in [1.165, 1.54) is 25.7 Å². The van der Waals surface area contributed by atoms with Crippen molar-refractivity contribution in [2.45, 2.75) is 63.6 Å². The van der Waals surface area contributed by atoms with Crippen LogP contribution in [0.5, 0.6) is 0 Å². The molecule has 0 radical (unpaired) electrons. The zero-order chi connectivity index (χ0) is 12.7. The van der Waals surface area contributed by atoms with Crippen molar-refractivity contribution < 1.29 is 4.79 Å². The Hall–Kier alpha value is -0.0500. The second-order valence-electron chi connectivity index (χ2n) is 5.66. The summed E-state index contributed by atoms with van der Waals surface area (Å²) >= 11 is 3.63. The lowest BCUT2D eigenvalue weighted by Crippen LogP contribution is -2.35. The molecular formula is C14H26BrNO. The largest absolute Gasteiger partial charge is 0.355 e. The lowest BCUT2D eigenvalue weighted by Gasteiger charge is -2.17. The Morgan fingerprint density at radius 3 is 2.35 bits per heavy atom. The smallest absolute Gasteiger partial charge is 0.223 e. The van der Waals surface area contributed by atoms with Crippen LogP contribution in [0.1, 0.15) is 58.8 Å². The van der Waals surface area contributed by atoms with Crippen molar-refractivity contribution in [2.24, 2.45) is 11.8 Å². The number of carbonyl (C=O) groups is 1. The molecule has 17 heavy (non-hydrogen) atoms. The van der Waals surface area contributed by atoms with Crippen molar-refractivity contribution in [3.05, 3.63) is 0 Å². The highest BCUT2D eigenvalue weighted by atomic mass is 79.9. The van der Waals surface area contributed by atoms with E-state index in [1.807, 2.05) is 0 Å². The fourth-order valence-electron chi connectivity index (χ4n) is 2.49. The Bertz CT molecular complexity index is 222. The number of hydrogen-bond acceptors (Lipinski definition) is 1. The van der Waals surface area contributed by atoms with Gasteiger partial charge in [-0.1, -0.05) is 55.5 Å². The summed E-state index contributed by atoms with van der Waals surface area (Å²) in [4.78, 5) is 12.4. The van der Waals surface area contributed by atoms with Crippen molar-refractivity contribution in [1.29, 1.82) is 0 Å². The van der Waals surface area contributed by atoms with E-state index in [0.29, 0.717) is 10.7 Å². The van der Waals surface area contributed by atoms with Crippen molar-refractivity contribution in [3.63, 3.8) is 0 Å². The van der Waals surface area contributed by atoms with Gasteiger partial charge < -0.3 is 5.32 Å². The molecule has 1 unspecified atom stereocenters. The minimum Gasteiger partial charge on any atom is -0.355 e. The van der Waals surface area contributed by atoms with Gasteiger partial charge in [0.1, 0.15) is 0 Å². The highest BCUT2D eigenvalue weighted by Crippen LogP contribution is 2.23. The summed E-state index contributed by atoms with van der Waals surface area (Å²) in [6, 6.07) is 0. The molecule has 1 aliphatic rings. The van der Waals surface area contributed by atoms with E-state index in [-0.39, 0.29) is 11.8 Å².